The maximum atomic E-state index is 12.2. The van der Waals surface area contributed by atoms with Crippen LogP contribution in [0, 0.1) is 3.57 Å². The van der Waals surface area contributed by atoms with Crippen LogP contribution < -0.4 is 4.74 Å². The quantitative estimate of drug-likeness (QED) is 0.563. The zero-order valence-electron chi connectivity index (χ0n) is 11.4. The second kappa shape index (κ2) is 5.45. The normalized spacial score (nSPS) is 11.9. The van der Waals surface area contributed by atoms with Crippen molar-refractivity contribution >= 4 is 33.5 Å². The van der Waals surface area contributed by atoms with Crippen LogP contribution in [0.5, 0.6) is 5.75 Å². The molecular weight excluding hydrogens is 408 g/mol. The average molecular weight is 418 g/mol. The summed E-state index contributed by atoms with van der Waals surface area (Å²) in [6, 6.07) is 9.77. The largest absolute Gasteiger partial charge is 0.573 e. The van der Waals surface area contributed by atoms with E-state index in [1.165, 1.54) is 12.1 Å². The first kappa shape index (κ1) is 15.1. The van der Waals surface area contributed by atoms with E-state index in [0.29, 0.717) is 0 Å². The van der Waals surface area contributed by atoms with Crippen molar-refractivity contribution in [2.45, 2.75) is 6.36 Å². The summed E-state index contributed by atoms with van der Waals surface area (Å²) in [7, 11) is 1.85. The molecule has 0 atom stereocenters. The molecule has 1 heterocycles. The summed E-state index contributed by atoms with van der Waals surface area (Å²) in [5.41, 5.74) is 2.70. The zero-order valence-corrected chi connectivity index (χ0v) is 13.5. The van der Waals surface area contributed by atoms with Crippen molar-refractivity contribution in [1.82, 2.24) is 9.78 Å². The number of alkyl halides is 3. The fraction of sp³-hybridized carbons (Fsp3) is 0.133. The molecule has 0 radical (unpaired) electrons. The molecule has 22 heavy (non-hydrogen) atoms. The first-order chi connectivity index (χ1) is 10.3. The van der Waals surface area contributed by atoms with E-state index in [1.807, 2.05) is 19.2 Å². The Morgan fingerprint density at radius 2 is 1.77 bits per heavy atom. The molecule has 1 aromatic heterocycles. The highest BCUT2D eigenvalue weighted by atomic mass is 127. The van der Waals surface area contributed by atoms with Crippen molar-refractivity contribution in [3.05, 3.63) is 46.2 Å². The van der Waals surface area contributed by atoms with Crippen LogP contribution in [-0.2, 0) is 7.05 Å². The van der Waals surface area contributed by atoms with Gasteiger partial charge in [0.2, 0.25) is 0 Å². The molecule has 3 aromatic rings. The molecule has 0 bridgehead atoms. The lowest BCUT2D eigenvalue weighted by Gasteiger charge is -2.10. The van der Waals surface area contributed by atoms with Gasteiger partial charge in [0.05, 0.1) is 11.7 Å². The highest BCUT2D eigenvalue weighted by Gasteiger charge is 2.30. The third-order valence-electron chi connectivity index (χ3n) is 3.24. The predicted molar refractivity (Wildman–Crippen MR) is 85.6 cm³/mol. The number of aryl methyl sites for hydroxylation is 1. The van der Waals surface area contributed by atoms with Gasteiger partial charge in [0.25, 0.3) is 0 Å². The first-order valence-electron chi connectivity index (χ1n) is 6.31. The van der Waals surface area contributed by atoms with Gasteiger partial charge in [0.1, 0.15) is 5.75 Å². The Morgan fingerprint density at radius 3 is 2.41 bits per heavy atom. The van der Waals surface area contributed by atoms with Crippen LogP contribution in [0.2, 0.25) is 0 Å². The predicted octanol–water partition coefficient (Wildman–Crippen LogP) is 4.74. The van der Waals surface area contributed by atoms with Crippen molar-refractivity contribution in [2.24, 2.45) is 7.05 Å². The molecule has 0 saturated heterocycles. The maximum Gasteiger partial charge on any atom is 0.573 e. The fourth-order valence-corrected chi connectivity index (χ4v) is 2.97. The minimum Gasteiger partial charge on any atom is -0.406 e. The van der Waals surface area contributed by atoms with Crippen LogP contribution in [0.25, 0.3) is 22.0 Å². The van der Waals surface area contributed by atoms with Crippen LogP contribution in [-0.4, -0.2) is 16.1 Å². The van der Waals surface area contributed by atoms with E-state index in [4.69, 9.17) is 0 Å². The van der Waals surface area contributed by atoms with Gasteiger partial charge in [0.15, 0.2) is 0 Å². The summed E-state index contributed by atoms with van der Waals surface area (Å²) in [4.78, 5) is 0. The summed E-state index contributed by atoms with van der Waals surface area (Å²) >= 11 is 2.22. The van der Waals surface area contributed by atoms with E-state index >= 15 is 0 Å². The second-order valence-corrected chi connectivity index (χ2v) is 5.89. The highest BCUT2D eigenvalue weighted by Crippen LogP contribution is 2.30. The Hall–Kier alpha value is -1.77. The molecule has 114 valence electrons. The number of fused-ring (bicyclic) bond motifs is 1. The molecule has 0 saturated carbocycles. The lowest BCUT2D eigenvalue weighted by Crippen LogP contribution is -2.16. The van der Waals surface area contributed by atoms with Crippen LogP contribution in [0.15, 0.2) is 42.6 Å². The molecule has 0 aliphatic heterocycles. The van der Waals surface area contributed by atoms with Gasteiger partial charge in [-0.05, 0) is 58.0 Å². The minimum atomic E-state index is -4.68. The summed E-state index contributed by atoms with van der Waals surface area (Å²) in [6.07, 6.45) is -2.88. The number of hydrogen-bond acceptors (Lipinski definition) is 2. The van der Waals surface area contributed by atoms with E-state index in [-0.39, 0.29) is 5.75 Å². The van der Waals surface area contributed by atoms with Crippen LogP contribution >= 0.6 is 22.6 Å². The van der Waals surface area contributed by atoms with E-state index in [0.717, 1.165) is 25.6 Å². The van der Waals surface area contributed by atoms with E-state index in [9.17, 15) is 13.2 Å². The van der Waals surface area contributed by atoms with Gasteiger partial charge >= 0.3 is 6.36 Å². The molecule has 0 N–H and O–H groups in total. The van der Waals surface area contributed by atoms with Crippen molar-refractivity contribution in [1.29, 1.82) is 0 Å². The monoisotopic (exact) mass is 418 g/mol. The van der Waals surface area contributed by atoms with Crippen molar-refractivity contribution in [3.8, 4) is 16.9 Å². The molecular formula is C15H10F3IN2O. The number of hydrogen-bond donors (Lipinski definition) is 0. The second-order valence-electron chi connectivity index (χ2n) is 4.73. The molecule has 0 aliphatic rings. The summed E-state index contributed by atoms with van der Waals surface area (Å²) in [5, 5.41) is 5.26. The van der Waals surface area contributed by atoms with Crippen molar-refractivity contribution in [2.75, 3.05) is 0 Å². The lowest BCUT2D eigenvalue weighted by molar-refractivity contribution is -0.274. The SMILES string of the molecule is Cn1ncc2c(I)cc(-c3ccc(OC(F)(F)F)cc3)cc21. The average Bonchev–Trinajstić information content (AvgIpc) is 2.80. The molecule has 0 amide bonds. The van der Waals surface area contributed by atoms with E-state index < -0.39 is 6.36 Å². The van der Waals surface area contributed by atoms with Gasteiger partial charge in [0, 0.05) is 16.0 Å². The molecule has 0 spiro atoms. The van der Waals surface area contributed by atoms with E-state index in [1.54, 1.807) is 23.0 Å². The first-order valence-corrected chi connectivity index (χ1v) is 7.39. The Kier molecular flexibility index (Phi) is 3.75. The molecule has 7 heteroatoms. The Labute approximate surface area is 137 Å². The molecule has 3 rings (SSSR count). The Bertz CT molecular complexity index is 825. The van der Waals surface area contributed by atoms with Crippen LogP contribution in [0.1, 0.15) is 0 Å². The zero-order chi connectivity index (χ0) is 15.9. The Morgan fingerprint density at radius 1 is 1.09 bits per heavy atom. The highest BCUT2D eigenvalue weighted by molar-refractivity contribution is 14.1. The molecule has 3 nitrogen and oxygen atoms in total. The van der Waals surface area contributed by atoms with Gasteiger partial charge in [-0.25, -0.2) is 0 Å². The van der Waals surface area contributed by atoms with Gasteiger partial charge in [-0.3, -0.25) is 4.68 Å². The Balaban J connectivity index is 1.99. The summed E-state index contributed by atoms with van der Waals surface area (Å²) < 4.78 is 43.2. The third kappa shape index (κ3) is 3.03. The minimum absolute atomic E-state index is 0.229. The lowest BCUT2D eigenvalue weighted by atomic mass is 10.0. The van der Waals surface area contributed by atoms with Gasteiger partial charge < -0.3 is 4.74 Å². The number of halogens is 4. The molecule has 2 aromatic carbocycles. The summed E-state index contributed by atoms with van der Waals surface area (Å²) in [6.45, 7) is 0. The fourth-order valence-electron chi connectivity index (χ4n) is 2.22. The number of ether oxygens (including phenoxy) is 1. The number of nitrogens with zero attached hydrogens (tertiary/aromatic N) is 2. The molecule has 0 fully saturated rings. The third-order valence-corrected chi connectivity index (χ3v) is 4.13. The molecule has 0 unspecified atom stereocenters. The van der Waals surface area contributed by atoms with Gasteiger partial charge in [-0.15, -0.1) is 13.2 Å². The smallest absolute Gasteiger partial charge is 0.406 e. The summed E-state index contributed by atoms with van der Waals surface area (Å²) in [5.74, 6) is -0.229. The maximum absolute atomic E-state index is 12.2. The van der Waals surface area contributed by atoms with Crippen LogP contribution in [0.4, 0.5) is 13.2 Å². The topological polar surface area (TPSA) is 27.1 Å². The van der Waals surface area contributed by atoms with Gasteiger partial charge in [-0.2, -0.15) is 5.10 Å². The van der Waals surface area contributed by atoms with Crippen LogP contribution in [0.3, 0.4) is 0 Å². The van der Waals surface area contributed by atoms with Crippen molar-refractivity contribution < 1.29 is 17.9 Å². The number of benzene rings is 2. The van der Waals surface area contributed by atoms with Crippen molar-refractivity contribution in [3.63, 3.8) is 0 Å². The van der Waals surface area contributed by atoms with E-state index in [2.05, 4.69) is 32.4 Å². The standard InChI is InChI=1S/C15H10F3IN2O/c1-21-14-7-10(6-13(19)12(14)8-20-21)9-2-4-11(5-3-9)22-15(16,17)18/h2-8H,1H3. The molecule has 0 aliphatic carbocycles. The number of rotatable bonds is 2. The van der Waals surface area contributed by atoms with Gasteiger partial charge in [-0.1, -0.05) is 12.1 Å². The number of aromatic nitrogens is 2.